The van der Waals surface area contributed by atoms with Gasteiger partial charge in [-0.1, -0.05) is 12.1 Å². The number of aromatic amines is 1. The molecule has 4 rings (SSSR count). The predicted molar refractivity (Wildman–Crippen MR) is 105 cm³/mol. The molecule has 3 atom stereocenters. The van der Waals surface area contributed by atoms with Gasteiger partial charge in [0.1, 0.15) is 12.9 Å². The maximum Gasteiger partial charge on any atom is 0.304 e. The number of aliphatic hydroxyl groups is 1. The lowest BCUT2D eigenvalue weighted by molar-refractivity contribution is -0.646. The smallest absolute Gasteiger partial charge is 0.304 e. The van der Waals surface area contributed by atoms with Gasteiger partial charge in [0.25, 0.3) is 16.9 Å². The minimum Gasteiger partial charge on any atom is -0.388 e. The topological polar surface area (TPSA) is 172 Å². The highest BCUT2D eigenvalue weighted by molar-refractivity contribution is 5.66. The zero-order valence-electron chi connectivity index (χ0n) is 16.5. The molecule has 164 valence electrons. The van der Waals surface area contributed by atoms with Crippen molar-refractivity contribution in [2.24, 2.45) is 7.05 Å². The van der Waals surface area contributed by atoms with Gasteiger partial charge in [-0.25, -0.2) is 4.57 Å². The Hall–Kier alpha value is -3.39. The summed E-state index contributed by atoms with van der Waals surface area (Å²) in [5, 5.41) is 21.4. The zero-order chi connectivity index (χ0) is 22.1. The number of nitrogen functional groups attached to an aromatic ring is 1. The number of nitrogens with one attached hydrogen (secondary N) is 1. The van der Waals surface area contributed by atoms with Crippen molar-refractivity contribution in [3.05, 3.63) is 56.6 Å². The second-order valence-electron chi connectivity index (χ2n) is 7.03. The second kappa shape index (κ2) is 8.39. The van der Waals surface area contributed by atoms with Gasteiger partial charge in [-0.2, -0.15) is 9.55 Å². The summed E-state index contributed by atoms with van der Waals surface area (Å²) in [7, 11) is 1.67. The van der Waals surface area contributed by atoms with Crippen molar-refractivity contribution < 1.29 is 28.8 Å². The van der Waals surface area contributed by atoms with Gasteiger partial charge in [0, 0.05) is 6.07 Å². The number of aliphatic hydroxyl groups excluding tert-OH is 1. The van der Waals surface area contributed by atoms with Crippen LogP contribution in [-0.2, 0) is 27.9 Å². The first-order valence-electron chi connectivity index (χ1n) is 9.34. The Morgan fingerprint density at radius 3 is 3.03 bits per heavy atom. The lowest BCUT2D eigenvalue weighted by Crippen LogP contribution is -2.33. The number of nitrogens with two attached hydrogens (primary N) is 1. The third-order valence-corrected chi connectivity index (χ3v) is 4.95. The fourth-order valence-corrected chi connectivity index (χ4v) is 3.55. The standard InChI is InChI=1S/C18H20N6O7/c1-22-8-23(15-13(22)16(26)21-18(19)20-15)17-14(12(25)7-30-17)31-9-29-6-10-4-2-3-5-11(10)24(27)28/h2-5,8,12,14,17,25H,6-7,9H2,1H3,(H2-,19,20,21,26)/p+1/t12?,14?,17-/m1/s1. The monoisotopic (exact) mass is 433 g/mol. The van der Waals surface area contributed by atoms with Crippen LogP contribution >= 0.6 is 0 Å². The Morgan fingerprint density at radius 1 is 1.48 bits per heavy atom. The number of aromatic nitrogens is 4. The van der Waals surface area contributed by atoms with Gasteiger partial charge in [-0.05, 0) is 6.07 Å². The van der Waals surface area contributed by atoms with E-state index in [0.29, 0.717) is 5.56 Å². The molecule has 0 bridgehead atoms. The van der Waals surface area contributed by atoms with Crippen LogP contribution in [0.1, 0.15) is 11.8 Å². The molecule has 1 aliphatic rings. The van der Waals surface area contributed by atoms with E-state index in [1.807, 2.05) is 0 Å². The predicted octanol–water partition coefficient (Wildman–Crippen LogP) is -0.511. The Bertz CT molecular complexity index is 1180. The number of nitro benzene ring substituents is 1. The molecule has 3 heterocycles. The van der Waals surface area contributed by atoms with Crippen molar-refractivity contribution in [2.45, 2.75) is 25.0 Å². The van der Waals surface area contributed by atoms with Gasteiger partial charge in [0.05, 0.1) is 30.7 Å². The highest BCUT2D eigenvalue weighted by Crippen LogP contribution is 2.29. The normalized spacial score (nSPS) is 21.0. The molecule has 0 saturated carbocycles. The molecular weight excluding hydrogens is 412 g/mol. The average Bonchev–Trinajstić information content (AvgIpc) is 3.25. The molecule has 3 aromatic rings. The second-order valence-corrected chi connectivity index (χ2v) is 7.03. The maximum absolute atomic E-state index is 12.2. The van der Waals surface area contributed by atoms with Gasteiger partial charge in [-0.3, -0.25) is 19.9 Å². The van der Waals surface area contributed by atoms with E-state index >= 15 is 0 Å². The number of nitro groups is 1. The summed E-state index contributed by atoms with van der Waals surface area (Å²) >= 11 is 0. The minimum atomic E-state index is -0.957. The lowest BCUT2D eigenvalue weighted by atomic mass is 10.2. The summed E-state index contributed by atoms with van der Waals surface area (Å²) in [4.78, 5) is 29.4. The van der Waals surface area contributed by atoms with Crippen molar-refractivity contribution >= 4 is 22.8 Å². The molecule has 0 aliphatic carbocycles. The van der Waals surface area contributed by atoms with Crippen LogP contribution in [0.3, 0.4) is 0 Å². The summed E-state index contributed by atoms with van der Waals surface area (Å²) in [6.07, 6.45) is -0.980. The van der Waals surface area contributed by atoms with E-state index in [0.717, 1.165) is 0 Å². The molecule has 2 unspecified atom stereocenters. The molecule has 13 nitrogen and oxygen atoms in total. The van der Waals surface area contributed by atoms with E-state index in [-0.39, 0.29) is 42.8 Å². The first-order valence-corrected chi connectivity index (χ1v) is 9.34. The van der Waals surface area contributed by atoms with Gasteiger partial charge >= 0.3 is 5.56 Å². The van der Waals surface area contributed by atoms with Gasteiger partial charge in [0.2, 0.25) is 18.5 Å². The summed E-state index contributed by atoms with van der Waals surface area (Å²) < 4.78 is 19.9. The van der Waals surface area contributed by atoms with Crippen LogP contribution in [0, 0.1) is 10.1 Å². The minimum absolute atomic E-state index is 0.00154. The number of hydrogen-bond acceptors (Lipinski definition) is 9. The van der Waals surface area contributed by atoms with Crippen LogP contribution in [0.2, 0.25) is 0 Å². The zero-order valence-corrected chi connectivity index (χ0v) is 16.5. The maximum atomic E-state index is 12.2. The van der Waals surface area contributed by atoms with E-state index in [2.05, 4.69) is 9.97 Å². The quantitative estimate of drug-likeness (QED) is 0.146. The Kier molecular flexibility index (Phi) is 5.65. The van der Waals surface area contributed by atoms with E-state index in [1.165, 1.54) is 6.07 Å². The van der Waals surface area contributed by atoms with Crippen molar-refractivity contribution in [1.82, 2.24) is 14.5 Å². The number of anilines is 1. The molecule has 0 amide bonds. The van der Waals surface area contributed by atoms with Crippen molar-refractivity contribution in [3.8, 4) is 0 Å². The molecular formula is C18H21N6O7+. The Balaban J connectivity index is 1.49. The number of benzene rings is 1. The number of imidazole rings is 1. The molecule has 13 heteroatoms. The van der Waals surface area contributed by atoms with Crippen LogP contribution in [0.4, 0.5) is 11.6 Å². The molecule has 2 aromatic heterocycles. The third-order valence-electron chi connectivity index (χ3n) is 4.95. The highest BCUT2D eigenvalue weighted by atomic mass is 16.7. The van der Waals surface area contributed by atoms with E-state index in [1.54, 1.807) is 40.7 Å². The summed E-state index contributed by atoms with van der Waals surface area (Å²) in [5.41, 5.74) is 6.17. The van der Waals surface area contributed by atoms with Crippen LogP contribution < -0.4 is 15.9 Å². The van der Waals surface area contributed by atoms with E-state index < -0.39 is 28.9 Å². The van der Waals surface area contributed by atoms with Crippen molar-refractivity contribution in [1.29, 1.82) is 0 Å². The Morgan fingerprint density at radius 2 is 2.26 bits per heavy atom. The molecule has 31 heavy (non-hydrogen) atoms. The van der Waals surface area contributed by atoms with Crippen LogP contribution in [0.25, 0.3) is 11.2 Å². The molecule has 1 fully saturated rings. The first kappa shape index (κ1) is 20.9. The number of para-hydroxylation sites is 1. The highest BCUT2D eigenvalue weighted by Gasteiger charge is 2.43. The van der Waals surface area contributed by atoms with Gasteiger partial charge in [0.15, 0.2) is 6.10 Å². The fraction of sp³-hybridized carbons (Fsp3) is 0.389. The van der Waals surface area contributed by atoms with Crippen LogP contribution in [0.15, 0.2) is 35.4 Å². The molecule has 1 saturated heterocycles. The largest absolute Gasteiger partial charge is 0.388 e. The fourth-order valence-electron chi connectivity index (χ4n) is 3.55. The summed E-state index contributed by atoms with van der Waals surface area (Å²) in [6, 6.07) is 6.23. The number of hydrogen-bond donors (Lipinski definition) is 3. The SMILES string of the molecule is C[n+]1cn([C@@H]2OCC(O)C2OCOCc2ccccc2[N+](=O)[O-])c2nc(N)[nH]c(=O)c21. The number of rotatable bonds is 7. The van der Waals surface area contributed by atoms with Gasteiger partial charge < -0.3 is 25.1 Å². The molecule has 4 N–H and O–H groups in total. The molecule has 1 aliphatic heterocycles. The Labute approximate surface area is 174 Å². The molecule has 1 aromatic carbocycles. The van der Waals surface area contributed by atoms with Crippen LogP contribution in [0.5, 0.6) is 0 Å². The average molecular weight is 433 g/mol. The number of fused-ring (bicyclic) bond motifs is 1. The van der Waals surface area contributed by atoms with E-state index in [9.17, 15) is 20.0 Å². The third kappa shape index (κ3) is 3.98. The number of aryl methyl sites for hydroxylation is 1. The lowest BCUT2D eigenvalue weighted by Gasteiger charge is -2.18. The molecule has 0 radical (unpaired) electrons. The van der Waals surface area contributed by atoms with Crippen molar-refractivity contribution in [3.63, 3.8) is 0 Å². The number of ether oxygens (including phenoxy) is 3. The number of H-pyrrole nitrogens is 1. The van der Waals surface area contributed by atoms with Gasteiger partial charge in [-0.15, -0.1) is 0 Å². The summed E-state index contributed by atoms with van der Waals surface area (Å²) in [6.45, 7) is -0.281. The first-order chi connectivity index (χ1) is 14.9. The summed E-state index contributed by atoms with van der Waals surface area (Å²) in [5.74, 6) is -0.0544. The van der Waals surface area contributed by atoms with Crippen LogP contribution in [-0.4, -0.2) is 50.2 Å². The van der Waals surface area contributed by atoms with E-state index in [4.69, 9.17) is 19.9 Å². The molecule has 0 spiro atoms. The number of nitrogens with zero attached hydrogens (tertiary/aromatic N) is 4. The van der Waals surface area contributed by atoms with Crippen molar-refractivity contribution in [2.75, 3.05) is 19.1 Å².